The Bertz CT molecular complexity index is 1040. The zero-order valence-electron chi connectivity index (χ0n) is 16.8. The molecule has 7 nitrogen and oxygen atoms in total. The number of amides is 1. The van der Waals surface area contributed by atoms with Crippen LogP contribution in [0.4, 0.5) is 0 Å². The van der Waals surface area contributed by atoms with Crippen LogP contribution < -0.4 is 9.47 Å². The van der Waals surface area contributed by atoms with Crippen LogP contribution in [-0.4, -0.2) is 48.3 Å². The van der Waals surface area contributed by atoms with E-state index in [9.17, 15) is 4.79 Å². The van der Waals surface area contributed by atoms with E-state index in [-0.39, 0.29) is 11.8 Å². The summed E-state index contributed by atoms with van der Waals surface area (Å²) in [5.74, 6) is 2.12. The SMILES string of the molecule is COc1ccc(C(=O)N2CCC[C@H](c3nc(-c4ccc(Cl)cc4)no3)C2)cc1OC. The van der Waals surface area contributed by atoms with Crippen LogP contribution in [0.25, 0.3) is 11.4 Å². The second-order valence-corrected chi connectivity index (χ2v) is 7.56. The van der Waals surface area contributed by atoms with Crippen molar-refractivity contribution in [3.8, 4) is 22.9 Å². The van der Waals surface area contributed by atoms with E-state index < -0.39 is 0 Å². The van der Waals surface area contributed by atoms with Crippen LogP contribution in [0.15, 0.2) is 47.0 Å². The first-order chi connectivity index (χ1) is 14.6. The quantitative estimate of drug-likeness (QED) is 0.599. The van der Waals surface area contributed by atoms with Gasteiger partial charge in [0, 0.05) is 29.2 Å². The molecule has 0 spiro atoms. The first kappa shape index (κ1) is 20.2. The number of likely N-dealkylation sites (tertiary alicyclic amines) is 1. The second-order valence-electron chi connectivity index (χ2n) is 7.12. The number of rotatable bonds is 5. The van der Waals surface area contributed by atoms with Crippen LogP contribution in [0.1, 0.15) is 35.0 Å². The number of hydrogen-bond acceptors (Lipinski definition) is 6. The highest BCUT2D eigenvalue weighted by atomic mass is 35.5. The van der Waals surface area contributed by atoms with E-state index in [4.69, 9.17) is 25.6 Å². The summed E-state index contributed by atoms with van der Waals surface area (Å²) in [6.07, 6.45) is 1.75. The number of benzene rings is 2. The van der Waals surface area contributed by atoms with Gasteiger partial charge in [-0.05, 0) is 55.3 Å². The summed E-state index contributed by atoms with van der Waals surface area (Å²) in [7, 11) is 3.12. The molecule has 30 heavy (non-hydrogen) atoms. The molecular formula is C22H22ClN3O4. The van der Waals surface area contributed by atoms with Crippen molar-refractivity contribution >= 4 is 17.5 Å². The molecule has 1 saturated heterocycles. The predicted molar refractivity (Wildman–Crippen MR) is 112 cm³/mol. The van der Waals surface area contributed by atoms with E-state index in [1.807, 2.05) is 17.0 Å². The van der Waals surface area contributed by atoms with Crippen LogP contribution in [-0.2, 0) is 0 Å². The van der Waals surface area contributed by atoms with E-state index in [1.54, 1.807) is 44.6 Å². The number of methoxy groups -OCH3 is 2. The summed E-state index contributed by atoms with van der Waals surface area (Å²) in [6, 6.07) is 12.5. The number of carbonyl (C=O) groups excluding carboxylic acids is 1. The summed E-state index contributed by atoms with van der Waals surface area (Å²) in [5.41, 5.74) is 1.39. The molecule has 1 amide bonds. The molecule has 2 aromatic carbocycles. The van der Waals surface area contributed by atoms with Crippen LogP contribution in [0.3, 0.4) is 0 Å². The molecule has 1 atom stereocenters. The van der Waals surface area contributed by atoms with Crippen molar-refractivity contribution in [1.82, 2.24) is 15.0 Å². The number of ether oxygens (including phenoxy) is 2. The fourth-order valence-corrected chi connectivity index (χ4v) is 3.76. The molecule has 3 aromatic rings. The highest BCUT2D eigenvalue weighted by Gasteiger charge is 2.29. The summed E-state index contributed by atoms with van der Waals surface area (Å²) < 4.78 is 16.1. The molecule has 0 bridgehead atoms. The van der Waals surface area contributed by atoms with Crippen LogP contribution in [0, 0.1) is 0 Å². The molecule has 156 valence electrons. The fraction of sp³-hybridized carbons (Fsp3) is 0.318. The predicted octanol–water partition coefficient (Wildman–Crippen LogP) is 4.43. The van der Waals surface area contributed by atoms with Crippen molar-refractivity contribution < 1.29 is 18.8 Å². The summed E-state index contributed by atoms with van der Waals surface area (Å²) in [4.78, 5) is 19.4. The van der Waals surface area contributed by atoms with Gasteiger partial charge >= 0.3 is 0 Å². The van der Waals surface area contributed by atoms with Gasteiger partial charge in [0.1, 0.15) is 0 Å². The van der Waals surface area contributed by atoms with E-state index in [1.165, 1.54) is 0 Å². The molecule has 1 aliphatic rings. The third-order valence-corrected chi connectivity index (χ3v) is 5.48. The first-order valence-electron chi connectivity index (χ1n) is 9.70. The van der Waals surface area contributed by atoms with Gasteiger partial charge in [-0.2, -0.15) is 4.98 Å². The molecule has 1 fully saturated rings. The van der Waals surface area contributed by atoms with Gasteiger partial charge in [-0.1, -0.05) is 16.8 Å². The topological polar surface area (TPSA) is 77.7 Å². The molecule has 0 saturated carbocycles. The third kappa shape index (κ3) is 4.11. The van der Waals surface area contributed by atoms with E-state index in [2.05, 4.69) is 10.1 Å². The minimum absolute atomic E-state index is 0.00334. The Kier molecular flexibility index (Phi) is 5.90. The van der Waals surface area contributed by atoms with Crippen molar-refractivity contribution in [1.29, 1.82) is 0 Å². The van der Waals surface area contributed by atoms with Gasteiger partial charge < -0.3 is 18.9 Å². The smallest absolute Gasteiger partial charge is 0.254 e. The highest BCUT2D eigenvalue weighted by Crippen LogP contribution is 2.31. The molecule has 1 aliphatic heterocycles. The number of aromatic nitrogens is 2. The molecule has 0 aliphatic carbocycles. The van der Waals surface area contributed by atoms with Crippen LogP contribution in [0.5, 0.6) is 11.5 Å². The Labute approximate surface area is 179 Å². The van der Waals surface area contributed by atoms with Gasteiger partial charge in [0.05, 0.1) is 20.1 Å². The van der Waals surface area contributed by atoms with Crippen molar-refractivity contribution in [2.24, 2.45) is 0 Å². The number of carbonyl (C=O) groups is 1. The Morgan fingerprint density at radius 3 is 2.63 bits per heavy atom. The molecule has 0 unspecified atom stereocenters. The zero-order valence-corrected chi connectivity index (χ0v) is 17.6. The van der Waals surface area contributed by atoms with Crippen LogP contribution in [0.2, 0.25) is 5.02 Å². The van der Waals surface area contributed by atoms with Crippen LogP contribution >= 0.6 is 11.6 Å². The molecule has 0 radical (unpaired) electrons. The number of halogens is 1. The van der Waals surface area contributed by atoms with Crippen molar-refractivity contribution in [2.45, 2.75) is 18.8 Å². The van der Waals surface area contributed by atoms with E-state index >= 15 is 0 Å². The Morgan fingerprint density at radius 1 is 1.13 bits per heavy atom. The summed E-state index contributed by atoms with van der Waals surface area (Å²) in [5, 5.41) is 4.75. The maximum absolute atomic E-state index is 13.1. The minimum atomic E-state index is -0.0573. The Hall–Kier alpha value is -3.06. The molecule has 4 rings (SSSR count). The molecule has 0 N–H and O–H groups in total. The highest BCUT2D eigenvalue weighted by molar-refractivity contribution is 6.30. The maximum atomic E-state index is 13.1. The molecule has 2 heterocycles. The van der Waals surface area contributed by atoms with Gasteiger partial charge in [-0.15, -0.1) is 0 Å². The van der Waals surface area contributed by atoms with Gasteiger partial charge in [-0.25, -0.2) is 0 Å². The molecular weight excluding hydrogens is 406 g/mol. The monoisotopic (exact) mass is 427 g/mol. The van der Waals surface area contributed by atoms with Gasteiger partial charge in [0.15, 0.2) is 11.5 Å². The lowest BCUT2D eigenvalue weighted by atomic mass is 9.97. The lowest BCUT2D eigenvalue weighted by molar-refractivity contribution is 0.0695. The lowest BCUT2D eigenvalue weighted by Crippen LogP contribution is -2.39. The molecule has 1 aromatic heterocycles. The number of hydrogen-bond donors (Lipinski definition) is 0. The average molecular weight is 428 g/mol. The largest absolute Gasteiger partial charge is 0.493 e. The zero-order chi connectivity index (χ0) is 21.1. The summed E-state index contributed by atoms with van der Waals surface area (Å²) in [6.45, 7) is 1.21. The second kappa shape index (κ2) is 8.75. The number of nitrogens with zero attached hydrogens (tertiary/aromatic N) is 3. The lowest BCUT2D eigenvalue weighted by Gasteiger charge is -2.31. The average Bonchev–Trinajstić information content (AvgIpc) is 3.29. The number of piperidine rings is 1. The Morgan fingerprint density at radius 2 is 1.90 bits per heavy atom. The first-order valence-corrected chi connectivity index (χ1v) is 10.1. The molecule has 8 heteroatoms. The third-order valence-electron chi connectivity index (χ3n) is 5.23. The fourth-order valence-electron chi connectivity index (χ4n) is 3.63. The van der Waals surface area contributed by atoms with Gasteiger partial charge in [0.25, 0.3) is 5.91 Å². The Balaban J connectivity index is 1.49. The van der Waals surface area contributed by atoms with Gasteiger partial charge in [-0.3, -0.25) is 4.79 Å². The van der Waals surface area contributed by atoms with E-state index in [0.29, 0.717) is 46.9 Å². The van der Waals surface area contributed by atoms with Gasteiger partial charge in [0.2, 0.25) is 11.7 Å². The maximum Gasteiger partial charge on any atom is 0.254 e. The van der Waals surface area contributed by atoms with Crippen molar-refractivity contribution in [3.05, 3.63) is 58.9 Å². The van der Waals surface area contributed by atoms with E-state index in [0.717, 1.165) is 18.4 Å². The standard InChI is InChI=1S/C22H22ClN3O4/c1-28-18-10-7-15(12-19(18)29-2)22(27)26-11-3-4-16(13-26)21-24-20(25-30-21)14-5-8-17(23)9-6-14/h5-10,12,16H,3-4,11,13H2,1-2H3/t16-/m0/s1. The van der Waals surface area contributed by atoms with Crippen molar-refractivity contribution in [2.75, 3.05) is 27.3 Å². The summed E-state index contributed by atoms with van der Waals surface area (Å²) >= 11 is 5.94. The minimum Gasteiger partial charge on any atom is -0.493 e. The normalized spacial score (nSPS) is 16.4. The van der Waals surface area contributed by atoms with Crippen molar-refractivity contribution in [3.63, 3.8) is 0 Å².